The van der Waals surface area contributed by atoms with E-state index in [1.165, 1.54) is 5.56 Å². The molecule has 2 aromatic rings. The minimum Gasteiger partial charge on any atom is -0.493 e. The van der Waals surface area contributed by atoms with E-state index in [0.29, 0.717) is 31.2 Å². The normalized spacial score (nSPS) is 28.4. The van der Waals surface area contributed by atoms with Crippen LogP contribution in [0.1, 0.15) is 44.1 Å². The van der Waals surface area contributed by atoms with Crippen LogP contribution in [0.3, 0.4) is 0 Å². The molecule has 168 valence electrons. The van der Waals surface area contributed by atoms with Crippen molar-refractivity contribution in [1.29, 1.82) is 0 Å². The van der Waals surface area contributed by atoms with Gasteiger partial charge >= 0.3 is 0 Å². The molecule has 4 unspecified atom stereocenters. The highest BCUT2D eigenvalue weighted by Crippen LogP contribution is 2.52. The number of fused-ring (bicyclic) bond motifs is 2. The van der Waals surface area contributed by atoms with Crippen molar-refractivity contribution in [3.8, 4) is 5.75 Å². The molecule has 0 amide bonds. The fraction of sp³-hybridized carbons (Fsp3) is 0.542. The number of hydrogen-bond donors (Lipinski definition) is 2. The lowest BCUT2D eigenvalue weighted by Crippen LogP contribution is -2.68. The monoisotopic (exact) mass is 537 g/mol. The van der Waals surface area contributed by atoms with Gasteiger partial charge in [0.05, 0.1) is 25.0 Å². The number of hydrogen-bond acceptors (Lipinski definition) is 4. The average molecular weight is 537 g/mol. The highest BCUT2D eigenvalue weighted by molar-refractivity contribution is 14.0. The molecule has 7 heteroatoms. The summed E-state index contributed by atoms with van der Waals surface area (Å²) in [5.41, 5.74) is 1.29. The summed E-state index contributed by atoms with van der Waals surface area (Å²) in [5, 5.41) is 7.46. The highest BCUT2D eigenvalue weighted by atomic mass is 127. The van der Waals surface area contributed by atoms with Gasteiger partial charge in [0.25, 0.3) is 0 Å². The van der Waals surface area contributed by atoms with E-state index in [2.05, 4.69) is 36.6 Å². The Hall–Kier alpha value is -1.74. The summed E-state index contributed by atoms with van der Waals surface area (Å²) >= 11 is 0. The number of para-hydroxylation sites is 1. The first-order chi connectivity index (χ1) is 14.6. The van der Waals surface area contributed by atoms with Crippen molar-refractivity contribution in [3.63, 3.8) is 0 Å². The Kier molecular flexibility index (Phi) is 6.81. The van der Waals surface area contributed by atoms with Gasteiger partial charge in [-0.3, -0.25) is 4.99 Å². The molecule has 31 heavy (non-hydrogen) atoms. The molecule has 1 saturated carbocycles. The maximum absolute atomic E-state index is 5.98. The molecule has 1 aromatic carbocycles. The summed E-state index contributed by atoms with van der Waals surface area (Å²) in [6, 6.07) is 12.7. The van der Waals surface area contributed by atoms with Gasteiger partial charge < -0.3 is 24.5 Å². The number of ether oxygens (including phenoxy) is 2. The summed E-state index contributed by atoms with van der Waals surface area (Å²) in [5.74, 6) is 3.35. The molecule has 2 aliphatic heterocycles. The predicted molar refractivity (Wildman–Crippen MR) is 131 cm³/mol. The van der Waals surface area contributed by atoms with E-state index < -0.39 is 0 Å². The quantitative estimate of drug-likeness (QED) is 0.338. The Morgan fingerprint density at radius 1 is 1.10 bits per heavy atom. The van der Waals surface area contributed by atoms with Crippen LogP contribution in [-0.2, 0) is 11.2 Å². The van der Waals surface area contributed by atoms with Crippen LogP contribution in [0.5, 0.6) is 5.75 Å². The summed E-state index contributed by atoms with van der Waals surface area (Å²) in [7, 11) is 0. The first-order valence-corrected chi connectivity index (χ1v) is 11.1. The molecule has 1 saturated heterocycles. The van der Waals surface area contributed by atoms with Crippen LogP contribution < -0.4 is 15.4 Å². The summed E-state index contributed by atoms with van der Waals surface area (Å²) in [4.78, 5) is 4.92. The lowest BCUT2D eigenvalue weighted by Gasteiger charge is -2.55. The fourth-order valence-corrected chi connectivity index (χ4v) is 5.29. The number of aliphatic imine (C=N–C) groups is 1. The Bertz CT molecular complexity index is 899. The highest BCUT2D eigenvalue weighted by Gasteiger charge is 2.59. The minimum absolute atomic E-state index is 0. The minimum atomic E-state index is 0. The molecule has 2 N–H and O–H groups in total. The third kappa shape index (κ3) is 4.44. The van der Waals surface area contributed by atoms with E-state index in [9.17, 15) is 0 Å². The first kappa shape index (κ1) is 22.5. The molecule has 0 bridgehead atoms. The van der Waals surface area contributed by atoms with E-state index in [0.717, 1.165) is 43.3 Å². The first-order valence-electron chi connectivity index (χ1n) is 11.1. The van der Waals surface area contributed by atoms with Gasteiger partial charge in [0.2, 0.25) is 0 Å². The number of furan rings is 1. The van der Waals surface area contributed by atoms with E-state index in [-0.39, 0.29) is 35.4 Å². The van der Waals surface area contributed by atoms with Crippen LogP contribution in [-0.4, -0.2) is 37.9 Å². The molecule has 0 radical (unpaired) electrons. The second-order valence-corrected chi connectivity index (χ2v) is 9.12. The Balaban J connectivity index is 0.00000231. The summed E-state index contributed by atoms with van der Waals surface area (Å²) in [6.07, 6.45) is 4.88. The third-order valence-electron chi connectivity index (χ3n) is 6.87. The second kappa shape index (κ2) is 9.40. The molecule has 4 atom stereocenters. The fourth-order valence-electron chi connectivity index (χ4n) is 5.29. The number of guanidine groups is 1. The van der Waals surface area contributed by atoms with Crippen molar-refractivity contribution in [3.05, 3.63) is 54.0 Å². The summed E-state index contributed by atoms with van der Waals surface area (Å²) < 4.78 is 17.3. The van der Waals surface area contributed by atoms with Gasteiger partial charge in [-0.15, -0.1) is 24.0 Å². The topological polar surface area (TPSA) is 68.0 Å². The van der Waals surface area contributed by atoms with Crippen LogP contribution in [0.15, 0.2) is 52.1 Å². The number of benzene rings is 1. The van der Waals surface area contributed by atoms with Gasteiger partial charge in [-0.2, -0.15) is 0 Å². The Labute approximate surface area is 201 Å². The van der Waals surface area contributed by atoms with E-state index in [4.69, 9.17) is 18.9 Å². The van der Waals surface area contributed by atoms with Crippen LogP contribution >= 0.6 is 24.0 Å². The van der Waals surface area contributed by atoms with Crippen molar-refractivity contribution in [2.45, 2.75) is 51.3 Å². The van der Waals surface area contributed by atoms with E-state index in [1.807, 2.05) is 24.3 Å². The molecule has 6 nitrogen and oxygen atoms in total. The zero-order chi connectivity index (χ0) is 20.6. The maximum Gasteiger partial charge on any atom is 0.192 e. The largest absolute Gasteiger partial charge is 0.493 e. The van der Waals surface area contributed by atoms with Gasteiger partial charge in [0.1, 0.15) is 11.5 Å². The molecular weight excluding hydrogens is 505 g/mol. The molecule has 3 aliphatic rings. The molecule has 0 spiro atoms. The van der Waals surface area contributed by atoms with Gasteiger partial charge in [-0.25, -0.2) is 0 Å². The molecule has 1 aromatic heterocycles. The molecule has 5 rings (SSSR count). The summed E-state index contributed by atoms with van der Waals surface area (Å²) in [6.45, 7) is 6.83. The average Bonchev–Trinajstić information content (AvgIpc) is 3.43. The van der Waals surface area contributed by atoms with Crippen molar-refractivity contribution >= 4 is 29.9 Å². The predicted octanol–water partition coefficient (Wildman–Crippen LogP) is 4.31. The third-order valence-corrected chi connectivity index (χ3v) is 6.87. The molecule has 2 fully saturated rings. The standard InChI is InChI=1S/C24H31N3O3.HI/c1-24(2)21(18-10-14-30-22(18)24)27-23(25-12-9-16-6-5-13-28-16)26-19-11-15-29-20-8-4-3-7-17(19)20;/h3-8,13,18-19,21-22H,9-12,14-15H2,1-2H3,(H2,25,26,27);1H. The number of halogens is 1. The lowest BCUT2D eigenvalue weighted by molar-refractivity contribution is -0.106. The van der Waals surface area contributed by atoms with Crippen LogP contribution in [0, 0.1) is 11.3 Å². The molecule has 1 aliphatic carbocycles. The Morgan fingerprint density at radius 2 is 1.97 bits per heavy atom. The second-order valence-electron chi connectivity index (χ2n) is 9.12. The zero-order valence-corrected chi connectivity index (χ0v) is 20.5. The van der Waals surface area contributed by atoms with Crippen LogP contribution in [0.25, 0.3) is 0 Å². The zero-order valence-electron chi connectivity index (χ0n) is 18.2. The van der Waals surface area contributed by atoms with Crippen molar-refractivity contribution in [1.82, 2.24) is 10.6 Å². The van der Waals surface area contributed by atoms with Crippen LogP contribution in [0.4, 0.5) is 0 Å². The molecule has 3 heterocycles. The van der Waals surface area contributed by atoms with Gasteiger partial charge in [-0.1, -0.05) is 32.0 Å². The van der Waals surface area contributed by atoms with E-state index >= 15 is 0 Å². The number of nitrogens with zero attached hydrogens (tertiary/aromatic N) is 1. The van der Waals surface area contributed by atoms with Crippen LogP contribution in [0.2, 0.25) is 0 Å². The maximum atomic E-state index is 5.98. The SMILES string of the molecule is CC1(C)C(NC(=NCCc2ccco2)NC2CCOc3ccccc32)C2CCOC21.I. The number of rotatable bonds is 5. The van der Waals surface area contributed by atoms with Crippen molar-refractivity contribution in [2.75, 3.05) is 19.8 Å². The van der Waals surface area contributed by atoms with E-state index in [1.54, 1.807) is 6.26 Å². The van der Waals surface area contributed by atoms with Gasteiger partial charge in [-0.05, 0) is 24.6 Å². The Morgan fingerprint density at radius 3 is 2.81 bits per heavy atom. The lowest BCUT2D eigenvalue weighted by atomic mass is 9.57. The van der Waals surface area contributed by atoms with Crippen molar-refractivity contribution < 1.29 is 13.9 Å². The molecular formula is C24H32IN3O3. The van der Waals surface area contributed by atoms with Gasteiger partial charge in [0, 0.05) is 48.9 Å². The number of nitrogens with one attached hydrogen (secondary N) is 2. The van der Waals surface area contributed by atoms with Gasteiger partial charge in [0.15, 0.2) is 5.96 Å². The van der Waals surface area contributed by atoms with Crippen molar-refractivity contribution in [2.24, 2.45) is 16.3 Å². The smallest absolute Gasteiger partial charge is 0.192 e.